The third kappa shape index (κ3) is 8.91. The Labute approximate surface area is 69.5 Å². The van der Waals surface area contributed by atoms with Crippen LogP contribution in [-0.4, -0.2) is 0 Å². The van der Waals surface area contributed by atoms with E-state index >= 15 is 0 Å². The quantitative estimate of drug-likeness (QED) is 0.525. The summed E-state index contributed by atoms with van der Waals surface area (Å²) in [6, 6.07) is 0. The molecule has 0 aromatic rings. The fourth-order valence-electron chi connectivity index (χ4n) is 0. The molecule has 0 aromatic heterocycles. The fourth-order valence-corrected chi connectivity index (χ4v) is 0. The van der Waals surface area contributed by atoms with E-state index in [1.54, 1.807) is 0 Å². The average Bonchev–Trinajstić information content (AvgIpc) is 0. The third-order valence-corrected chi connectivity index (χ3v) is 0. The second-order valence-electron chi connectivity index (χ2n) is 0. The largest absolute Gasteiger partial charge is 0 e. The van der Waals surface area contributed by atoms with E-state index in [4.69, 9.17) is 0 Å². The topological polar surface area (TPSA) is 0 Å². The molecule has 0 unspecified atom stereocenters. The Kier molecular flexibility index (Phi) is 169. The van der Waals surface area contributed by atoms with Crippen LogP contribution >= 0.6 is 0 Å². The van der Waals surface area contributed by atoms with Crippen molar-refractivity contribution in [2.45, 2.75) is 0 Å². The smallest absolute Gasteiger partial charge is 0 e. The monoisotopic (exact) mass is 241 g/mol. The van der Waals surface area contributed by atoms with Gasteiger partial charge in [-0.15, -0.1) is 0 Å². The van der Waals surface area contributed by atoms with E-state index in [0.29, 0.717) is 0 Å². The first-order valence-corrected chi connectivity index (χ1v) is 0. The van der Waals surface area contributed by atoms with Gasteiger partial charge in [0.2, 0.25) is 0 Å². The van der Waals surface area contributed by atoms with E-state index in [-0.39, 0.29) is 70.1 Å². The van der Waals surface area contributed by atoms with Gasteiger partial charge in [-0.25, -0.2) is 0 Å². The maximum absolute atomic E-state index is 0. The van der Waals surface area contributed by atoms with E-state index < -0.39 is 0 Å². The number of hydrogen-bond donors (Lipinski definition) is 0. The zero-order valence-corrected chi connectivity index (χ0v) is 7.68. The van der Waals surface area contributed by atoms with Crippen LogP contribution in [0.15, 0.2) is 0 Å². The molecule has 0 aliphatic rings. The van der Waals surface area contributed by atoms with Gasteiger partial charge >= 0.3 is 0 Å². The summed E-state index contributed by atoms with van der Waals surface area (Å²) in [6.45, 7) is 0. The first-order valence-electron chi connectivity index (χ1n) is 0. The van der Waals surface area contributed by atoms with Crippen molar-refractivity contribution in [3.63, 3.8) is 0 Å². The van der Waals surface area contributed by atoms with Crippen molar-refractivity contribution >= 4 is 0 Å². The van der Waals surface area contributed by atoms with Gasteiger partial charge in [-0.05, 0) is 0 Å². The minimum absolute atomic E-state index is 0. The predicted molar refractivity (Wildman–Crippen MR) is 0 cm³/mol. The molecule has 0 heterocycles. The first-order chi connectivity index (χ1) is 0. The van der Waals surface area contributed by atoms with Crippen LogP contribution in [0.25, 0.3) is 0 Å². The van der Waals surface area contributed by atoms with Crippen LogP contribution in [0.3, 0.4) is 0 Å². The second kappa shape index (κ2) is 19.2. The van der Waals surface area contributed by atoms with Crippen LogP contribution in [0, 0.1) is 0 Å². The molecule has 0 saturated heterocycles. The normalized spacial score (nSPS) is 0. The summed E-state index contributed by atoms with van der Waals surface area (Å²) in [5, 5.41) is 0. The Bertz CT molecular complexity index is 8.00. The molecule has 0 spiro atoms. The summed E-state index contributed by atoms with van der Waals surface area (Å²) in [6.07, 6.45) is 0. The molecular formula is CuFeNiZn. The van der Waals surface area contributed by atoms with Crippen LogP contribution in [0.4, 0.5) is 0 Å². The zero-order chi connectivity index (χ0) is 0. The molecule has 0 fully saturated rings. The zero-order valence-electron chi connectivity index (χ0n) is 1.68. The van der Waals surface area contributed by atoms with E-state index in [1.165, 1.54) is 0 Å². The molecule has 0 atom stereocenters. The Morgan fingerprint density at radius 3 is 1.00 bits per heavy atom. The SMILES string of the molecule is [Cu].[Fe].[Ni].[Zn]. The number of hydrogen-bond acceptors (Lipinski definition) is 0. The molecular weight excluding hydrogens is 243 g/mol. The van der Waals surface area contributed by atoms with E-state index in [2.05, 4.69) is 0 Å². The van der Waals surface area contributed by atoms with Gasteiger partial charge in [0.05, 0.1) is 0 Å². The van der Waals surface area contributed by atoms with Crippen molar-refractivity contribution in [1.82, 2.24) is 0 Å². The van der Waals surface area contributed by atoms with Gasteiger partial charge < -0.3 is 0 Å². The van der Waals surface area contributed by atoms with Gasteiger partial charge in [0.25, 0.3) is 0 Å². The van der Waals surface area contributed by atoms with E-state index in [1.807, 2.05) is 0 Å². The van der Waals surface area contributed by atoms with Gasteiger partial charge in [0.1, 0.15) is 0 Å². The summed E-state index contributed by atoms with van der Waals surface area (Å²) < 4.78 is 0. The molecule has 31 valence electrons. The molecule has 1 radical (unpaired) electrons. The molecule has 0 bridgehead atoms. The summed E-state index contributed by atoms with van der Waals surface area (Å²) in [5.74, 6) is 0. The average molecular weight is 243 g/mol. The molecule has 0 N–H and O–H groups in total. The number of rotatable bonds is 0. The molecule has 0 aliphatic heterocycles. The molecule has 0 nitrogen and oxygen atoms in total. The minimum Gasteiger partial charge on any atom is 0 e. The van der Waals surface area contributed by atoms with Gasteiger partial charge in [-0.3, -0.25) is 0 Å². The molecule has 0 aliphatic carbocycles. The van der Waals surface area contributed by atoms with Crippen LogP contribution < -0.4 is 0 Å². The van der Waals surface area contributed by atoms with Gasteiger partial charge in [-0.2, -0.15) is 0 Å². The van der Waals surface area contributed by atoms with Gasteiger partial charge in [-0.1, -0.05) is 0 Å². The van der Waals surface area contributed by atoms with Crippen molar-refractivity contribution in [2.75, 3.05) is 0 Å². The van der Waals surface area contributed by atoms with Crippen molar-refractivity contribution in [3.8, 4) is 0 Å². The minimum atomic E-state index is 0. The molecule has 4 heavy (non-hydrogen) atoms. The van der Waals surface area contributed by atoms with Gasteiger partial charge in [0, 0.05) is 70.1 Å². The summed E-state index contributed by atoms with van der Waals surface area (Å²) in [5.41, 5.74) is 0. The molecule has 4 heteroatoms. The Morgan fingerprint density at radius 1 is 1.00 bits per heavy atom. The Balaban J connectivity index is 0. The fraction of sp³-hybridized carbons (Fsp3) is 0. The van der Waals surface area contributed by atoms with Crippen LogP contribution in [0.2, 0.25) is 0 Å². The third-order valence-electron chi connectivity index (χ3n) is 0. The van der Waals surface area contributed by atoms with Crippen molar-refractivity contribution < 1.29 is 70.1 Å². The van der Waals surface area contributed by atoms with Crippen molar-refractivity contribution in [3.05, 3.63) is 0 Å². The van der Waals surface area contributed by atoms with Crippen LogP contribution in [0.1, 0.15) is 0 Å². The van der Waals surface area contributed by atoms with E-state index in [0.717, 1.165) is 0 Å². The summed E-state index contributed by atoms with van der Waals surface area (Å²) in [4.78, 5) is 0. The van der Waals surface area contributed by atoms with Crippen molar-refractivity contribution in [1.29, 1.82) is 0 Å². The molecule has 0 aromatic carbocycles. The second-order valence-corrected chi connectivity index (χ2v) is 0. The standard InChI is InChI=1S/Cu.Fe.Ni.Zn. The molecule has 0 amide bonds. The Morgan fingerprint density at radius 2 is 1.00 bits per heavy atom. The maximum atomic E-state index is 0. The summed E-state index contributed by atoms with van der Waals surface area (Å²) in [7, 11) is 0. The Hall–Kier alpha value is 2.16. The van der Waals surface area contributed by atoms with Crippen LogP contribution in [0.5, 0.6) is 0 Å². The van der Waals surface area contributed by atoms with Crippen LogP contribution in [-0.2, 0) is 70.1 Å². The van der Waals surface area contributed by atoms with Gasteiger partial charge in [0.15, 0.2) is 0 Å². The first kappa shape index (κ1) is 35.2. The van der Waals surface area contributed by atoms with E-state index in [9.17, 15) is 0 Å². The van der Waals surface area contributed by atoms with Crippen molar-refractivity contribution in [2.24, 2.45) is 0 Å². The maximum Gasteiger partial charge on any atom is 0 e. The predicted octanol–water partition coefficient (Wildman–Crippen LogP) is -0.0100. The molecule has 0 saturated carbocycles. The molecule has 0 rings (SSSR count). The summed E-state index contributed by atoms with van der Waals surface area (Å²) >= 11 is 0.